The minimum Gasteiger partial charge on any atom is -0.502 e. The number of benzene rings is 2. The van der Waals surface area contributed by atoms with E-state index in [1.54, 1.807) is 42.5 Å². The van der Waals surface area contributed by atoms with Crippen molar-refractivity contribution in [2.45, 2.75) is 4.90 Å². The van der Waals surface area contributed by atoms with Crippen molar-refractivity contribution in [3.8, 4) is 17.1 Å². The Balaban J connectivity index is 1.35. The highest BCUT2D eigenvalue weighted by Gasteiger charge is 2.24. The second-order valence-electron chi connectivity index (χ2n) is 7.94. The van der Waals surface area contributed by atoms with Gasteiger partial charge in [0.2, 0.25) is 11.2 Å². The lowest BCUT2D eigenvalue weighted by Gasteiger charge is -2.37. The predicted octanol–water partition coefficient (Wildman–Crippen LogP) is 3.13. The maximum Gasteiger partial charge on any atom is 0.298 e. The predicted molar refractivity (Wildman–Crippen MR) is 128 cm³/mol. The van der Waals surface area contributed by atoms with Crippen LogP contribution in [0.15, 0.2) is 81.1 Å². The van der Waals surface area contributed by atoms with E-state index in [1.165, 1.54) is 6.20 Å². The zero-order valence-corrected chi connectivity index (χ0v) is 18.8. The summed E-state index contributed by atoms with van der Waals surface area (Å²) < 4.78 is 38.7. The van der Waals surface area contributed by atoms with Gasteiger partial charge in [0.1, 0.15) is 10.5 Å². The number of piperazine rings is 1. The summed E-state index contributed by atoms with van der Waals surface area (Å²) in [5, 5.41) is 10.7. The second-order valence-corrected chi connectivity index (χ2v) is 9.33. The lowest BCUT2D eigenvalue weighted by Crippen LogP contribution is -2.46. The zero-order valence-electron chi connectivity index (χ0n) is 18.0. The maximum atomic E-state index is 12.5. The summed E-state index contributed by atoms with van der Waals surface area (Å²) in [5.74, 6) is -0.303. The largest absolute Gasteiger partial charge is 0.502 e. The molecule has 1 aliphatic heterocycles. The van der Waals surface area contributed by atoms with Gasteiger partial charge in [-0.2, -0.15) is 8.42 Å². The number of pyridine rings is 1. The fourth-order valence-corrected chi connectivity index (χ4v) is 4.85. The van der Waals surface area contributed by atoms with Gasteiger partial charge in [0.05, 0.1) is 17.3 Å². The molecule has 0 atom stereocenters. The van der Waals surface area contributed by atoms with E-state index in [0.29, 0.717) is 48.4 Å². The van der Waals surface area contributed by atoms with Gasteiger partial charge >= 0.3 is 0 Å². The van der Waals surface area contributed by atoms with Crippen LogP contribution in [0.3, 0.4) is 0 Å². The molecule has 4 aromatic rings. The molecule has 34 heavy (non-hydrogen) atoms. The van der Waals surface area contributed by atoms with Crippen LogP contribution in [0, 0.1) is 0 Å². The van der Waals surface area contributed by atoms with Crippen LogP contribution in [0.5, 0.6) is 5.75 Å². The van der Waals surface area contributed by atoms with Crippen molar-refractivity contribution in [2.24, 2.45) is 0 Å². The molecule has 0 aliphatic carbocycles. The molecular formula is C24H21N3O6S. The molecule has 5 rings (SSSR count). The molecule has 0 bridgehead atoms. The van der Waals surface area contributed by atoms with Crippen LogP contribution in [0.1, 0.15) is 0 Å². The van der Waals surface area contributed by atoms with E-state index in [0.717, 1.165) is 11.9 Å². The Morgan fingerprint density at radius 1 is 0.912 bits per heavy atom. The van der Waals surface area contributed by atoms with Gasteiger partial charge in [-0.25, -0.2) is 0 Å². The minimum atomic E-state index is -4.37. The number of hydrogen-bond donors (Lipinski definition) is 2. The van der Waals surface area contributed by atoms with Gasteiger partial charge in [-0.3, -0.25) is 14.3 Å². The molecule has 9 nitrogen and oxygen atoms in total. The Morgan fingerprint density at radius 2 is 1.59 bits per heavy atom. The molecule has 2 N–H and O–H groups in total. The van der Waals surface area contributed by atoms with E-state index in [2.05, 4.69) is 9.88 Å². The molecular weight excluding hydrogens is 458 g/mol. The lowest BCUT2D eigenvalue weighted by molar-refractivity contribution is 0.449. The first kappa shape index (κ1) is 21.9. The smallest absolute Gasteiger partial charge is 0.298 e. The van der Waals surface area contributed by atoms with E-state index in [4.69, 9.17) is 4.42 Å². The van der Waals surface area contributed by atoms with Crippen molar-refractivity contribution in [3.05, 3.63) is 77.2 Å². The molecule has 174 valence electrons. The number of nitrogens with zero attached hydrogens (tertiary/aromatic N) is 3. The van der Waals surface area contributed by atoms with Gasteiger partial charge in [-0.1, -0.05) is 12.1 Å². The van der Waals surface area contributed by atoms with Gasteiger partial charge in [0, 0.05) is 43.6 Å². The second kappa shape index (κ2) is 8.47. The summed E-state index contributed by atoms with van der Waals surface area (Å²) in [6.07, 6.45) is 2.64. The molecule has 0 amide bonds. The molecule has 2 aromatic heterocycles. The quantitative estimate of drug-likeness (QED) is 0.425. The minimum absolute atomic E-state index is 0.121. The van der Waals surface area contributed by atoms with Crippen LogP contribution < -0.4 is 15.2 Å². The number of anilines is 2. The van der Waals surface area contributed by atoms with E-state index in [1.807, 2.05) is 17.0 Å². The Kier molecular flexibility index (Phi) is 5.46. The third kappa shape index (κ3) is 3.97. The van der Waals surface area contributed by atoms with Crippen molar-refractivity contribution in [2.75, 3.05) is 36.0 Å². The average Bonchev–Trinajstić information content (AvgIpc) is 2.86. The topological polar surface area (TPSA) is 124 Å². The average molecular weight is 480 g/mol. The molecule has 1 aliphatic rings. The molecule has 0 saturated carbocycles. The Labute approximate surface area is 195 Å². The van der Waals surface area contributed by atoms with Crippen LogP contribution in [-0.2, 0) is 10.1 Å². The standard InChI is InChI=1S/C24H21N3O6S/c28-22-18-3-1-2-4-20(18)33-24(23(22)29)16-5-7-17(8-6-16)26-11-13-27(14-12-26)19-9-10-25-15-21(19)34(30,31)32/h1-10,15,29H,11-14H2,(H,30,31,32). The number of rotatable bonds is 4. The van der Waals surface area contributed by atoms with Gasteiger partial charge in [0.15, 0.2) is 5.76 Å². The van der Waals surface area contributed by atoms with Crippen LogP contribution in [0.25, 0.3) is 22.3 Å². The Morgan fingerprint density at radius 3 is 2.29 bits per heavy atom. The Hall–Kier alpha value is -3.89. The lowest BCUT2D eigenvalue weighted by atomic mass is 10.1. The van der Waals surface area contributed by atoms with Crippen molar-refractivity contribution in [1.29, 1.82) is 0 Å². The van der Waals surface area contributed by atoms with Crippen molar-refractivity contribution < 1.29 is 22.5 Å². The first-order valence-electron chi connectivity index (χ1n) is 10.6. The summed E-state index contributed by atoms with van der Waals surface area (Å²) >= 11 is 0. The SMILES string of the molecule is O=c1c(O)c(-c2ccc(N3CCN(c4ccncc4S(=O)(=O)O)CC3)cc2)oc2ccccc12. The normalized spacial score (nSPS) is 14.5. The zero-order chi connectivity index (χ0) is 23.9. The van der Waals surface area contributed by atoms with E-state index in [-0.39, 0.29) is 10.7 Å². The van der Waals surface area contributed by atoms with Crippen LogP contribution in [-0.4, -0.2) is 49.2 Å². The summed E-state index contributed by atoms with van der Waals surface area (Å²) in [6, 6.07) is 15.7. The first-order valence-corrected chi connectivity index (χ1v) is 12.0. The van der Waals surface area contributed by atoms with Crippen LogP contribution in [0.4, 0.5) is 11.4 Å². The van der Waals surface area contributed by atoms with Crippen LogP contribution in [0.2, 0.25) is 0 Å². The number of hydrogen-bond acceptors (Lipinski definition) is 8. The Bertz CT molecular complexity index is 1520. The van der Waals surface area contributed by atoms with Crippen molar-refractivity contribution in [3.63, 3.8) is 0 Å². The number of aromatic nitrogens is 1. The number of aromatic hydroxyl groups is 1. The first-order chi connectivity index (χ1) is 16.3. The molecule has 3 heterocycles. The molecule has 2 aromatic carbocycles. The summed E-state index contributed by atoms with van der Waals surface area (Å²) in [7, 11) is -4.37. The highest BCUT2D eigenvalue weighted by molar-refractivity contribution is 7.86. The van der Waals surface area contributed by atoms with Gasteiger partial charge in [-0.05, 0) is 42.5 Å². The summed E-state index contributed by atoms with van der Waals surface area (Å²) in [5.41, 5.74) is 1.88. The third-order valence-corrected chi connectivity index (χ3v) is 6.80. The van der Waals surface area contributed by atoms with Crippen molar-refractivity contribution in [1.82, 2.24) is 4.98 Å². The third-order valence-electron chi connectivity index (χ3n) is 5.93. The van der Waals surface area contributed by atoms with E-state index in [9.17, 15) is 22.9 Å². The highest BCUT2D eigenvalue weighted by Crippen LogP contribution is 2.32. The monoisotopic (exact) mass is 479 g/mol. The number of fused-ring (bicyclic) bond motifs is 1. The molecule has 0 spiro atoms. The summed E-state index contributed by atoms with van der Waals surface area (Å²) in [4.78, 5) is 20.1. The molecule has 0 unspecified atom stereocenters. The summed E-state index contributed by atoms with van der Waals surface area (Å²) in [6.45, 7) is 2.36. The highest BCUT2D eigenvalue weighted by atomic mass is 32.2. The van der Waals surface area contributed by atoms with Crippen molar-refractivity contribution >= 4 is 32.5 Å². The number of para-hydroxylation sites is 1. The van der Waals surface area contributed by atoms with Gasteiger partial charge in [-0.15, -0.1) is 0 Å². The van der Waals surface area contributed by atoms with Crippen LogP contribution >= 0.6 is 0 Å². The molecule has 1 fully saturated rings. The van der Waals surface area contributed by atoms with E-state index >= 15 is 0 Å². The fourth-order valence-electron chi connectivity index (χ4n) is 4.19. The fraction of sp³-hybridized carbons (Fsp3) is 0.167. The van der Waals surface area contributed by atoms with Gasteiger partial charge in [0.25, 0.3) is 10.1 Å². The van der Waals surface area contributed by atoms with E-state index < -0.39 is 21.3 Å². The molecule has 1 saturated heterocycles. The molecule has 10 heteroatoms. The maximum absolute atomic E-state index is 12.5. The van der Waals surface area contributed by atoms with Gasteiger partial charge < -0.3 is 19.3 Å². The molecule has 0 radical (unpaired) electrons.